The first-order valence-corrected chi connectivity index (χ1v) is 11.6. The Hall–Kier alpha value is -3.32. The molecule has 3 aromatic rings. The number of allylic oxidation sites excluding steroid dienone is 1. The topological polar surface area (TPSA) is 58.4 Å². The first-order valence-electron chi connectivity index (χ1n) is 11.6. The highest BCUT2D eigenvalue weighted by Gasteiger charge is 2.49. The molecule has 0 saturated heterocycles. The molecule has 0 aliphatic heterocycles. The summed E-state index contributed by atoms with van der Waals surface area (Å²) in [6.07, 6.45) is 6.10. The smallest absolute Gasteiger partial charge is 0.226 e. The molecule has 0 spiro atoms. The Bertz CT molecular complexity index is 1250. The van der Waals surface area contributed by atoms with E-state index in [0.29, 0.717) is 18.4 Å². The molecule has 1 aromatic heterocycles. The summed E-state index contributed by atoms with van der Waals surface area (Å²) < 4.78 is 29.5. The van der Waals surface area contributed by atoms with Gasteiger partial charge >= 0.3 is 0 Å². The number of aliphatic hydroxyl groups excluding tert-OH is 1. The van der Waals surface area contributed by atoms with Gasteiger partial charge in [0.25, 0.3) is 0 Å². The van der Waals surface area contributed by atoms with Crippen molar-refractivity contribution in [3.63, 3.8) is 0 Å². The van der Waals surface area contributed by atoms with Gasteiger partial charge in [0.15, 0.2) is 0 Å². The maximum atomic E-state index is 14.3. The molecule has 34 heavy (non-hydrogen) atoms. The van der Waals surface area contributed by atoms with Crippen molar-refractivity contribution in [3.05, 3.63) is 88.8 Å². The van der Waals surface area contributed by atoms with Crippen LogP contribution in [0.15, 0.2) is 60.3 Å². The lowest BCUT2D eigenvalue weighted by molar-refractivity contribution is -0.139. The molecule has 1 amide bonds. The lowest BCUT2D eigenvalue weighted by Gasteiger charge is -2.37. The normalized spacial score (nSPS) is 21.1. The number of hydrogen-bond donors (Lipinski definition) is 1. The van der Waals surface area contributed by atoms with Crippen molar-refractivity contribution in [1.82, 2.24) is 14.7 Å². The summed E-state index contributed by atoms with van der Waals surface area (Å²) in [6, 6.07) is 12.7. The second-order valence-electron chi connectivity index (χ2n) is 9.37. The number of aliphatic hydroxyl groups is 1. The summed E-state index contributed by atoms with van der Waals surface area (Å²) in [5.74, 6) is -0.973. The first-order chi connectivity index (χ1) is 16.4. The van der Waals surface area contributed by atoms with Gasteiger partial charge in [-0.25, -0.2) is 13.5 Å². The Morgan fingerprint density at radius 3 is 2.71 bits per heavy atom. The van der Waals surface area contributed by atoms with Gasteiger partial charge in [0.05, 0.1) is 24.2 Å². The van der Waals surface area contributed by atoms with Crippen LogP contribution in [0.1, 0.15) is 36.6 Å². The largest absolute Gasteiger partial charge is 0.395 e. The minimum atomic E-state index is -0.371. The fraction of sp³-hybridized carbons (Fsp3) is 0.333. The van der Waals surface area contributed by atoms with Crippen LogP contribution in [0.3, 0.4) is 0 Å². The number of nitrogens with zero attached hydrogens (tertiary/aromatic N) is 3. The number of aromatic nitrogens is 2. The number of fused-ring (bicyclic) bond motifs is 2. The molecule has 0 radical (unpaired) electrons. The van der Waals surface area contributed by atoms with Crippen LogP contribution < -0.4 is 0 Å². The van der Waals surface area contributed by atoms with E-state index in [2.05, 4.69) is 18.1 Å². The monoisotopic (exact) mass is 463 g/mol. The van der Waals surface area contributed by atoms with E-state index in [1.165, 1.54) is 23.8 Å². The molecule has 0 bridgehead atoms. The van der Waals surface area contributed by atoms with Gasteiger partial charge in [0, 0.05) is 30.0 Å². The molecular formula is C27H27F2N3O2. The minimum absolute atomic E-state index is 0.0578. The van der Waals surface area contributed by atoms with E-state index in [1.807, 2.05) is 10.9 Å². The Labute approximate surface area is 197 Å². The average molecular weight is 464 g/mol. The third kappa shape index (κ3) is 3.84. The fourth-order valence-corrected chi connectivity index (χ4v) is 5.47. The third-order valence-corrected chi connectivity index (χ3v) is 7.33. The molecule has 1 saturated carbocycles. The van der Waals surface area contributed by atoms with Crippen molar-refractivity contribution >= 4 is 12.0 Å². The summed E-state index contributed by atoms with van der Waals surface area (Å²) in [5, 5.41) is 14.1. The van der Waals surface area contributed by atoms with Crippen molar-refractivity contribution in [2.24, 2.45) is 11.3 Å². The Morgan fingerprint density at radius 1 is 1.21 bits per heavy atom. The quantitative estimate of drug-likeness (QED) is 0.585. The highest BCUT2D eigenvalue weighted by Crippen LogP contribution is 2.53. The SMILES string of the molecule is C[C@]12Cc3cnn(-c4ccc(F)cc4)c3C=C1CC[C@@H]2C(=O)N(CCO)Cc1ccccc1F. The van der Waals surface area contributed by atoms with Gasteiger partial charge in [-0.1, -0.05) is 30.7 Å². The lowest BCUT2D eigenvalue weighted by Crippen LogP contribution is -2.43. The van der Waals surface area contributed by atoms with Crippen LogP contribution in [0.25, 0.3) is 11.8 Å². The molecule has 5 rings (SSSR count). The van der Waals surface area contributed by atoms with E-state index in [-0.39, 0.29) is 48.6 Å². The molecule has 1 fully saturated rings. The Balaban J connectivity index is 1.43. The summed E-state index contributed by atoms with van der Waals surface area (Å²) in [4.78, 5) is 15.3. The van der Waals surface area contributed by atoms with E-state index in [0.717, 1.165) is 23.4 Å². The van der Waals surface area contributed by atoms with E-state index in [1.54, 1.807) is 35.2 Å². The maximum Gasteiger partial charge on any atom is 0.226 e. The van der Waals surface area contributed by atoms with Crippen molar-refractivity contribution in [2.45, 2.75) is 32.7 Å². The second-order valence-corrected chi connectivity index (χ2v) is 9.37. The van der Waals surface area contributed by atoms with Crippen LogP contribution in [-0.2, 0) is 17.8 Å². The molecule has 1 heterocycles. The van der Waals surface area contributed by atoms with E-state index in [9.17, 15) is 18.7 Å². The molecule has 1 N–H and O–H groups in total. The van der Waals surface area contributed by atoms with Crippen LogP contribution in [0.5, 0.6) is 0 Å². The summed E-state index contributed by atoms with van der Waals surface area (Å²) in [7, 11) is 0. The van der Waals surface area contributed by atoms with Gasteiger partial charge < -0.3 is 10.0 Å². The number of carbonyl (C=O) groups excluding carboxylic acids is 1. The van der Waals surface area contributed by atoms with Gasteiger partial charge in [0.1, 0.15) is 11.6 Å². The van der Waals surface area contributed by atoms with Crippen molar-refractivity contribution in [2.75, 3.05) is 13.2 Å². The molecule has 2 aliphatic carbocycles. The minimum Gasteiger partial charge on any atom is -0.395 e. The summed E-state index contributed by atoms with van der Waals surface area (Å²) >= 11 is 0. The molecule has 2 atom stereocenters. The number of rotatable bonds is 6. The van der Waals surface area contributed by atoms with Gasteiger partial charge in [0.2, 0.25) is 5.91 Å². The fourth-order valence-electron chi connectivity index (χ4n) is 5.47. The highest BCUT2D eigenvalue weighted by atomic mass is 19.1. The number of halogens is 2. The van der Waals surface area contributed by atoms with Gasteiger partial charge in [-0.3, -0.25) is 4.79 Å². The Morgan fingerprint density at radius 2 is 1.97 bits per heavy atom. The van der Waals surface area contributed by atoms with Crippen LogP contribution in [0.2, 0.25) is 0 Å². The van der Waals surface area contributed by atoms with Crippen LogP contribution in [0.4, 0.5) is 8.78 Å². The standard InChI is InChI=1S/C27H27F2N3O2/c1-27-15-19-16-30-32(22-9-7-21(28)8-10-22)25(19)14-20(27)6-11-23(27)26(34)31(12-13-33)17-18-4-2-3-5-24(18)29/h2-5,7-10,14,16,23,33H,6,11-13,15,17H2,1H3/t23-,27+/m1/s1. The molecule has 0 unspecified atom stereocenters. The van der Waals surface area contributed by atoms with Crippen LogP contribution in [0, 0.1) is 23.0 Å². The zero-order valence-electron chi connectivity index (χ0n) is 19.0. The maximum absolute atomic E-state index is 14.3. The van der Waals surface area contributed by atoms with Gasteiger partial charge in [-0.15, -0.1) is 0 Å². The molecule has 2 aliphatic rings. The average Bonchev–Trinajstić information content (AvgIpc) is 3.38. The number of benzene rings is 2. The van der Waals surface area contributed by atoms with Gasteiger partial charge in [-0.05, 0) is 61.2 Å². The predicted octanol–water partition coefficient (Wildman–Crippen LogP) is 4.53. The summed E-state index contributed by atoms with van der Waals surface area (Å²) in [6.45, 7) is 2.23. The second kappa shape index (κ2) is 8.80. The zero-order chi connectivity index (χ0) is 23.9. The van der Waals surface area contributed by atoms with E-state index < -0.39 is 0 Å². The molecule has 176 valence electrons. The number of carbonyl (C=O) groups is 1. The van der Waals surface area contributed by atoms with E-state index >= 15 is 0 Å². The molecule has 5 nitrogen and oxygen atoms in total. The molecule has 2 aromatic carbocycles. The highest BCUT2D eigenvalue weighted by molar-refractivity contribution is 5.82. The lowest BCUT2D eigenvalue weighted by atomic mass is 9.69. The van der Waals surface area contributed by atoms with Crippen molar-refractivity contribution in [3.8, 4) is 5.69 Å². The van der Waals surface area contributed by atoms with Crippen LogP contribution in [-0.4, -0.2) is 38.8 Å². The molecular weight excluding hydrogens is 436 g/mol. The first kappa shape index (κ1) is 22.5. The van der Waals surface area contributed by atoms with Crippen LogP contribution >= 0.6 is 0 Å². The zero-order valence-corrected chi connectivity index (χ0v) is 19.0. The Kier molecular flexibility index (Phi) is 5.81. The van der Waals surface area contributed by atoms with E-state index in [4.69, 9.17) is 0 Å². The number of amides is 1. The van der Waals surface area contributed by atoms with Crippen molar-refractivity contribution in [1.29, 1.82) is 0 Å². The van der Waals surface area contributed by atoms with Gasteiger partial charge in [-0.2, -0.15) is 5.10 Å². The number of hydrogen-bond acceptors (Lipinski definition) is 3. The predicted molar refractivity (Wildman–Crippen MR) is 125 cm³/mol. The van der Waals surface area contributed by atoms with Crippen molar-refractivity contribution < 1.29 is 18.7 Å². The molecule has 7 heteroatoms. The third-order valence-electron chi connectivity index (χ3n) is 7.33. The summed E-state index contributed by atoms with van der Waals surface area (Å²) in [5.41, 5.74) is 4.05.